The largest absolute Gasteiger partial charge is 0.469 e. The third-order valence-corrected chi connectivity index (χ3v) is 6.73. The molecule has 146 valence electrons. The van der Waals surface area contributed by atoms with Crippen LogP contribution in [0.4, 0.5) is 0 Å². The Morgan fingerprint density at radius 2 is 1.64 bits per heavy atom. The third kappa shape index (κ3) is 6.58. The average Bonchev–Trinajstić information content (AvgIpc) is 2.70. The van der Waals surface area contributed by atoms with Crippen LogP contribution in [0.25, 0.3) is 0 Å². The number of nitrogens with one attached hydrogen (secondary N) is 1. The lowest BCUT2D eigenvalue weighted by molar-refractivity contribution is -0.153. The number of methoxy groups -OCH3 is 1. The van der Waals surface area contributed by atoms with Crippen molar-refractivity contribution in [2.45, 2.75) is 85.0 Å². The molecule has 5 unspecified atom stereocenters. The molecule has 2 aliphatic carbocycles. The Morgan fingerprint density at radius 3 is 2.36 bits per heavy atom. The molecule has 0 bridgehead atoms. The smallest absolute Gasteiger partial charge is 0.311 e. The molecular formula is C22H41NO2. The predicted octanol–water partition coefficient (Wildman–Crippen LogP) is 5.19. The second kappa shape index (κ2) is 9.94. The Labute approximate surface area is 155 Å². The number of rotatable bonds is 5. The van der Waals surface area contributed by atoms with E-state index in [1.807, 2.05) is 0 Å². The van der Waals surface area contributed by atoms with E-state index in [0.717, 1.165) is 37.6 Å². The molecule has 2 fully saturated rings. The quantitative estimate of drug-likeness (QED) is 0.547. The van der Waals surface area contributed by atoms with Crippen LogP contribution >= 0.6 is 0 Å². The van der Waals surface area contributed by atoms with Gasteiger partial charge in [-0.3, -0.25) is 4.79 Å². The molecule has 0 heterocycles. The molecule has 3 nitrogen and oxygen atoms in total. The molecule has 0 aromatic heterocycles. The standard InChI is InChI=1S/C22H41NO2/c1-17-8-6-5-7-9-19(12-17)15-23-16-20-10-11-22(3,21(24)25-4)14-18(2)13-20/h17-20,23H,5-16H2,1-4H3. The van der Waals surface area contributed by atoms with Gasteiger partial charge in [0.1, 0.15) is 0 Å². The van der Waals surface area contributed by atoms with Crippen molar-refractivity contribution in [1.29, 1.82) is 0 Å². The molecule has 5 atom stereocenters. The summed E-state index contributed by atoms with van der Waals surface area (Å²) >= 11 is 0. The monoisotopic (exact) mass is 351 g/mol. The second-order valence-electron chi connectivity index (χ2n) is 9.51. The maximum Gasteiger partial charge on any atom is 0.311 e. The van der Waals surface area contributed by atoms with Gasteiger partial charge in [0.2, 0.25) is 0 Å². The van der Waals surface area contributed by atoms with Crippen molar-refractivity contribution in [3.63, 3.8) is 0 Å². The first kappa shape index (κ1) is 20.7. The highest BCUT2D eigenvalue weighted by molar-refractivity contribution is 5.76. The van der Waals surface area contributed by atoms with E-state index in [2.05, 4.69) is 26.1 Å². The Hall–Kier alpha value is -0.570. The van der Waals surface area contributed by atoms with E-state index in [-0.39, 0.29) is 11.4 Å². The number of ether oxygens (including phenoxy) is 1. The first-order valence-electron chi connectivity index (χ1n) is 10.7. The van der Waals surface area contributed by atoms with Gasteiger partial charge in [-0.1, -0.05) is 39.5 Å². The normalized spacial score (nSPS) is 37.6. The first-order chi connectivity index (χ1) is 11.9. The van der Waals surface area contributed by atoms with Gasteiger partial charge in [-0.05, 0) is 82.2 Å². The van der Waals surface area contributed by atoms with E-state index >= 15 is 0 Å². The summed E-state index contributed by atoms with van der Waals surface area (Å²) in [6.07, 6.45) is 12.8. The van der Waals surface area contributed by atoms with Crippen LogP contribution in [0.5, 0.6) is 0 Å². The first-order valence-corrected chi connectivity index (χ1v) is 10.7. The molecule has 25 heavy (non-hydrogen) atoms. The third-order valence-electron chi connectivity index (χ3n) is 6.73. The van der Waals surface area contributed by atoms with Crippen LogP contribution in [-0.2, 0) is 9.53 Å². The van der Waals surface area contributed by atoms with Crippen LogP contribution in [0.2, 0.25) is 0 Å². The van der Waals surface area contributed by atoms with E-state index in [4.69, 9.17) is 4.74 Å². The molecule has 1 N–H and O–H groups in total. The second-order valence-corrected chi connectivity index (χ2v) is 9.51. The van der Waals surface area contributed by atoms with Crippen molar-refractivity contribution < 1.29 is 9.53 Å². The van der Waals surface area contributed by atoms with Gasteiger partial charge in [-0.2, -0.15) is 0 Å². The summed E-state index contributed by atoms with van der Waals surface area (Å²) in [6.45, 7) is 9.13. The Kier molecular flexibility index (Phi) is 8.25. The van der Waals surface area contributed by atoms with Gasteiger partial charge in [-0.25, -0.2) is 0 Å². The topological polar surface area (TPSA) is 38.3 Å². The van der Waals surface area contributed by atoms with E-state index in [1.165, 1.54) is 58.6 Å². The molecule has 0 amide bonds. The number of hydrogen-bond donors (Lipinski definition) is 1. The SMILES string of the molecule is COC(=O)C1(C)CCC(CNCC2CCCCCC(C)C2)CC(C)C1. The van der Waals surface area contributed by atoms with Gasteiger partial charge in [-0.15, -0.1) is 0 Å². The average molecular weight is 352 g/mol. The lowest BCUT2D eigenvalue weighted by Crippen LogP contribution is -2.30. The summed E-state index contributed by atoms with van der Waals surface area (Å²) in [5.41, 5.74) is -0.280. The molecule has 2 aliphatic rings. The van der Waals surface area contributed by atoms with Crippen LogP contribution in [-0.4, -0.2) is 26.2 Å². The van der Waals surface area contributed by atoms with Crippen molar-refractivity contribution in [1.82, 2.24) is 5.32 Å². The Balaban J connectivity index is 1.77. The highest BCUT2D eigenvalue weighted by Crippen LogP contribution is 2.40. The zero-order valence-electron chi connectivity index (χ0n) is 17.1. The lowest BCUT2D eigenvalue weighted by Gasteiger charge is -2.26. The molecular weight excluding hydrogens is 310 g/mol. The van der Waals surface area contributed by atoms with Crippen LogP contribution in [0.3, 0.4) is 0 Å². The van der Waals surface area contributed by atoms with Gasteiger partial charge in [0.05, 0.1) is 12.5 Å². The molecule has 2 saturated carbocycles. The van der Waals surface area contributed by atoms with Gasteiger partial charge in [0.15, 0.2) is 0 Å². The highest BCUT2D eigenvalue weighted by Gasteiger charge is 2.38. The maximum atomic E-state index is 12.2. The molecule has 0 saturated heterocycles. The van der Waals surface area contributed by atoms with Gasteiger partial charge in [0, 0.05) is 0 Å². The summed E-state index contributed by atoms with van der Waals surface area (Å²) in [4.78, 5) is 12.2. The molecule has 0 aromatic carbocycles. The minimum Gasteiger partial charge on any atom is -0.469 e. The van der Waals surface area contributed by atoms with Crippen LogP contribution in [0, 0.1) is 29.1 Å². The minimum absolute atomic E-state index is 0.0172. The molecule has 0 aliphatic heterocycles. The van der Waals surface area contributed by atoms with Crippen LogP contribution in [0.15, 0.2) is 0 Å². The van der Waals surface area contributed by atoms with Gasteiger partial charge >= 0.3 is 5.97 Å². The van der Waals surface area contributed by atoms with Crippen molar-refractivity contribution in [2.24, 2.45) is 29.1 Å². The molecule has 0 radical (unpaired) electrons. The zero-order chi connectivity index (χ0) is 18.3. The van der Waals surface area contributed by atoms with Crippen molar-refractivity contribution in [3.8, 4) is 0 Å². The fraction of sp³-hybridized carbons (Fsp3) is 0.955. The maximum absolute atomic E-state index is 12.2. The Morgan fingerprint density at radius 1 is 1.00 bits per heavy atom. The lowest BCUT2D eigenvalue weighted by atomic mass is 9.80. The number of esters is 1. The number of carbonyl (C=O) groups is 1. The van der Waals surface area contributed by atoms with Gasteiger partial charge < -0.3 is 10.1 Å². The summed E-state index contributed by atoms with van der Waals surface area (Å²) in [6, 6.07) is 0. The van der Waals surface area contributed by atoms with Crippen molar-refractivity contribution >= 4 is 5.97 Å². The fourth-order valence-corrected chi connectivity index (χ4v) is 5.37. The molecule has 3 heteroatoms. The molecule has 0 spiro atoms. The van der Waals surface area contributed by atoms with E-state index in [9.17, 15) is 4.79 Å². The van der Waals surface area contributed by atoms with E-state index in [1.54, 1.807) is 0 Å². The highest BCUT2D eigenvalue weighted by atomic mass is 16.5. The Bertz CT molecular complexity index is 411. The van der Waals surface area contributed by atoms with Crippen LogP contribution in [0.1, 0.15) is 85.0 Å². The fourth-order valence-electron chi connectivity index (χ4n) is 5.37. The number of carbonyl (C=O) groups excluding carboxylic acids is 1. The summed E-state index contributed by atoms with van der Waals surface area (Å²) in [5, 5.41) is 3.80. The zero-order valence-corrected chi connectivity index (χ0v) is 17.1. The van der Waals surface area contributed by atoms with Gasteiger partial charge in [0.25, 0.3) is 0 Å². The summed E-state index contributed by atoms with van der Waals surface area (Å²) in [5.74, 6) is 3.04. The molecule has 0 aromatic rings. The molecule has 2 rings (SSSR count). The predicted molar refractivity (Wildman–Crippen MR) is 104 cm³/mol. The van der Waals surface area contributed by atoms with Crippen molar-refractivity contribution in [2.75, 3.05) is 20.2 Å². The number of hydrogen-bond acceptors (Lipinski definition) is 3. The summed E-state index contributed by atoms with van der Waals surface area (Å²) < 4.78 is 5.07. The minimum atomic E-state index is -0.280. The van der Waals surface area contributed by atoms with Crippen molar-refractivity contribution in [3.05, 3.63) is 0 Å². The summed E-state index contributed by atoms with van der Waals surface area (Å²) in [7, 11) is 1.53. The van der Waals surface area contributed by atoms with Crippen LogP contribution < -0.4 is 5.32 Å². The van der Waals surface area contributed by atoms with E-state index in [0.29, 0.717) is 11.8 Å². The van der Waals surface area contributed by atoms with E-state index < -0.39 is 0 Å².